The van der Waals surface area contributed by atoms with Crippen LogP contribution in [0.25, 0.3) is 0 Å². The van der Waals surface area contributed by atoms with Crippen LogP contribution in [0, 0.1) is 0 Å². The lowest BCUT2D eigenvalue weighted by Crippen LogP contribution is -2.28. The van der Waals surface area contributed by atoms with E-state index in [1.165, 1.54) is 5.56 Å². The van der Waals surface area contributed by atoms with Gasteiger partial charge in [0.1, 0.15) is 5.37 Å². The van der Waals surface area contributed by atoms with Crippen molar-refractivity contribution in [1.29, 1.82) is 0 Å². The molecule has 30 heavy (non-hydrogen) atoms. The predicted molar refractivity (Wildman–Crippen MR) is 124 cm³/mol. The number of hydrogen-bond donors (Lipinski definition) is 1. The number of nitrogens with one attached hydrogen (secondary N) is 1. The molecule has 0 unspecified atom stereocenters. The van der Waals surface area contributed by atoms with Crippen molar-refractivity contribution in [3.63, 3.8) is 0 Å². The lowest BCUT2D eigenvalue weighted by atomic mass is 10.1. The van der Waals surface area contributed by atoms with E-state index >= 15 is 0 Å². The van der Waals surface area contributed by atoms with Crippen molar-refractivity contribution in [3.05, 3.63) is 95.6 Å². The van der Waals surface area contributed by atoms with Crippen LogP contribution in [-0.4, -0.2) is 17.6 Å². The maximum absolute atomic E-state index is 12.8. The summed E-state index contributed by atoms with van der Waals surface area (Å²) in [5, 5.41) is 2.86. The van der Waals surface area contributed by atoms with Crippen molar-refractivity contribution >= 4 is 35.0 Å². The first-order valence-corrected chi connectivity index (χ1v) is 11.2. The van der Waals surface area contributed by atoms with E-state index in [1.807, 2.05) is 65.6 Å². The van der Waals surface area contributed by atoms with E-state index in [9.17, 15) is 9.59 Å². The molecule has 0 saturated carbocycles. The smallest absolute Gasteiger partial charge is 0.255 e. The molecule has 1 aliphatic rings. The maximum atomic E-state index is 12.8. The van der Waals surface area contributed by atoms with Crippen LogP contribution in [0.15, 0.2) is 78.9 Å². The largest absolute Gasteiger partial charge is 0.322 e. The number of hydrogen-bond acceptors (Lipinski definition) is 3. The zero-order chi connectivity index (χ0) is 20.9. The van der Waals surface area contributed by atoms with E-state index in [4.69, 9.17) is 0 Å². The van der Waals surface area contributed by atoms with Gasteiger partial charge < -0.3 is 5.32 Å². The quantitative estimate of drug-likeness (QED) is 0.563. The van der Waals surface area contributed by atoms with Crippen molar-refractivity contribution in [2.45, 2.75) is 25.1 Å². The second-order valence-electron chi connectivity index (χ2n) is 7.25. The molecule has 5 heteroatoms. The number of nitrogens with zero attached hydrogens (tertiary/aromatic N) is 1. The third-order valence-corrected chi connectivity index (χ3v) is 6.32. The average molecular weight is 417 g/mol. The molecule has 152 valence electrons. The summed E-state index contributed by atoms with van der Waals surface area (Å²) in [7, 11) is 0. The van der Waals surface area contributed by atoms with Gasteiger partial charge in [0.2, 0.25) is 5.91 Å². The summed E-state index contributed by atoms with van der Waals surface area (Å²) >= 11 is 1.62. The van der Waals surface area contributed by atoms with Crippen LogP contribution in [0.3, 0.4) is 0 Å². The van der Waals surface area contributed by atoms with E-state index in [0.717, 1.165) is 29.8 Å². The van der Waals surface area contributed by atoms with E-state index in [1.54, 1.807) is 23.9 Å². The zero-order valence-corrected chi connectivity index (χ0v) is 17.7. The lowest BCUT2D eigenvalue weighted by Gasteiger charge is -2.27. The van der Waals surface area contributed by atoms with Crippen LogP contribution in [0.1, 0.15) is 40.2 Å². The van der Waals surface area contributed by atoms with Crippen molar-refractivity contribution in [2.24, 2.45) is 0 Å². The van der Waals surface area contributed by atoms with Crippen LogP contribution in [0.2, 0.25) is 0 Å². The first kappa shape index (κ1) is 20.2. The minimum absolute atomic E-state index is 0.107. The first-order chi connectivity index (χ1) is 14.7. The Morgan fingerprint density at radius 1 is 1.03 bits per heavy atom. The van der Waals surface area contributed by atoms with Crippen molar-refractivity contribution in [2.75, 3.05) is 16.0 Å². The summed E-state index contributed by atoms with van der Waals surface area (Å²) in [6.45, 7) is 2.15. The Labute approximate surface area is 181 Å². The van der Waals surface area contributed by atoms with Crippen molar-refractivity contribution in [1.82, 2.24) is 0 Å². The Morgan fingerprint density at radius 2 is 1.80 bits per heavy atom. The van der Waals surface area contributed by atoms with Crippen LogP contribution in [-0.2, 0) is 11.2 Å². The minimum Gasteiger partial charge on any atom is -0.322 e. The molecule has 1 fully saturated rings. The summed E-state index contributed by atoms with van der Waals surface area (Å²) in [6, 6.07) is 25.1. The standard InChI is InChI=1S/C25H24N2O2S/c1-2-9-18-10-6-7-15-22(18)27-23(28)17-30-25(27)20-13-8-14-21(16-20)26-24(29)19-11-4-3-5-12-19/h3-8,10-16,25H,2,9,17H2,1H3,(H,26,29)/t25-/m0/s1. The fraction of sp³-hybridized carbons (Fsp3) is 0.200. The van der Waals surface area contributed by atoms with E-state index < -0.39 is 0 Å². The topological polar surface area (TPSA) is 49.4 Å². The van der Waals surface area contributed by atoms with Gasteiger partial charge in [0.05, 0.1) is 5.75 Å². The maximum Gasteiger partial charge on any atom is 0.255 e. The molecule has 4 nitrogen and oxygen atoms in total. The fourth-order valence-electron chi connectivity index (χ4n) is 3.72. The van der Waals surface area contributed by atoms with Gasteiger partial charge in [-0.2, -0.15) is 0 Å². The molecule has 4 rings (SSSR count). The molecule has 1 aliphatic heterocycles. The third-order valence-electron chi connectivity index (χ3n) is 5.10. The number of thioether (sulfide) groups is 1. The highest BCUT2D eigenvalue weighted by atomic mass is 32.2. The molecule has 0 bridgehead atoms. The number of amides is 2. The summed E-state index contributed by atoms with van der Waals surface area (Å²) in [5.41, 5.74) is 4.52. The molecule has 0 aromatic heterocycles. The normalized spacial score (nSPS) is 16.0. The molecule has 0 aliphatic carbocycles. The highest BCUT2D eigenvalue weighted by Crippen LogP contribution is 2.43. The SMILES string of the molecule is CCCc1ccccc1N1C(=O)CS[C@H]1c1cccc(NC(=O)c2ccccc2)c1. The van der Waals surface area contributed by atoms with Gasteiger partial charge in [-0.05, 0) is 47.9 Å². The molecule has 2 amide bonds. The molecule has 0 spiro atoms. The van der Waals surface area contributed by atoms with Crippen molar-refractivity contribution < 1.29 is 9.59 Å². The van der Waals surface area contributed by atoms with Crippen LogP contribution in [0.5, 0.6) is 0 Å². The van der Waals surface area contributed by atoms with Gasteiger partial charge >= 0.3 is 0 Å². The van der Waals surface area contributed by atoms with Crippen LogP contribution >= 0.6 is 11.8 Å². The second kappa shape index (κ2) is 9.18. The summed E-state index contributed by atoms with van der Waals surface area (Å²) in [5.74, 6) is 0.423. The Balaban J connectivity index is 1.61. The van der Waals surface area contributed by atoms with E-state index in [0.29, 0.717) is 11.3 Å². The number of benzene rings is 3. The minimum atomic E-state index is -0.145. The number of rotatable bonds is 6. The Hall–Kier alpha value is -3.05. The van der Waals surface area contributed by atoms with Crippen molar-refractivity contribution in [3.8, 4) is 0 Å². The van der Waals surface area contributed by atoms with Gasteiger partial charge in [-0.3, -0.25) is 14.5 Å². The highest BCUT2D eigenvalue weighted by molar-refractivity contribution is 8.00. The molecule has 0 radical (unpaired) electrons. The molecule has 1 saturated heterocycles. The molecule has 3 aromatic carbocycles. The van der Waals surface area contributed by atoms with Gasteiger partial charge in [0.15, 0.2) is 0 Å². The van der Waals surface area contributed by atoms with Gasteiger partial charge in [-0.15, -0.1) is 11.8 Å². The van der Waals surface area contributed by atoms with Gasteiger partial charge in [-0.25, -0.2) is 0 Å². The Kier molecular flexibility index (Phi) is 6.19. The molecule has 3 aromatic rings. The Morgan fingerprint density at radius 3 is 2.60 bits per heavy atom. The molecule has 1 N–H and O–H groups in total. The fourth-order valence-corrected chi connectivity index (χ4v) is 4.88. The summed E-state index contributed by atoms with van der Waals surface area (Å²) < 4.78 is 0. The molecular weight excluding hydrogens is 392 g/mol. The number of carbonyl (C=O) groups excluding carboxylic acids is 2. The monoisotopic (exact) mass is 416 g/mol. The average Bonchev–Trinajstić information content (AvgIpc) is 3.16. The van der Waals surface area contributed by atoms with Gasteiger partial charge in [0.25, 0.3) is 5.91 Å². The number of para-hydroxylation sites is 1. The number of aryl methyl sites for hydroxylation is 1. The Bertz CT molecular complexity index is 1050. The lowest BCUT2D eigenvalue weighted by molar-refractivity contribution is -0.115. The molecule has 1 heterocycles. The van der Waals surface area contributed by atoms with Crippen LogP contribution < -0.4 is 10.2 Å². The van der Waals surface area contributed by atoms with Gasteiger partial charge in [-0.1, -0.05) is 61.9 Å². The van der Waals surface area contributed by atoms with E-state index in [-0.39, 0.29) is 17.2 Å². The first-order valence-electron chi connectivity index (χ1n) is 10.2. The second-order valence-corrected chi connectivity index (χ2v) is 8.32. The van der Waals surface area contributed by atoms with Crippen LogP contribution in [0.4, 0.5) is 11.4 Å². The predicted octanol–water partition coefficient (Wildman–Crippen LogP) is 5.67. The third kappa shape index (κ3) is 4.26. The summed E-state index contributed by atoms with van der Waals surface area (Å²) in [6.07, 6.45) is 1.96. The van der Waals surface area contributed by atoms with E-state index in [2.05, 4.69) is 18.3 Å². The van der Waals surface area contributed by atoms with Gasteiger partial charge in [0, 0.05) is 16.9 Å². The molecule has 1 atom stereocenters. The summed E-state index contributed by atoms with van der Waals surface area (Å²) in [4.78, 5) is 27.2. The number of carbonyl (C=O) groups is 2. The zero-order valence-electron chi connectivity index (χ0n) is 16.9. The molecular formula is C25H24N2O2S. The number of anilines is 2. The highest BCUT2D eigenvalue weighted by Gasteiger charge is 2.35.